The number of hydrogen-bond donors (Lipinski definition) is 2. The molecule has 2 aromatic rings. The van der Waals surface area contributed by atoms with Crippen LogP contribution < -0.4 is 15.4 Å². The second-order valence-corrected chi connectivity index (χ2v) is 6.03. The molecule has 2 amide bonds. The van der Waals surface area contributed by atoms with Gasteiger partial charge in [0.1, 0.15) is 5.75 Å². The Hall–Kier alpha value is -3.35. The largest absolute Gasteiger partial charge is 0.494 e. The zero-order chi connectivity index (χ0) is 20.4. The molecule has 0 unspecified atom stereocenters. The van der Waals surface area contributed by atoms with Crippen molar-refractivity contribution >= 4 is 29.2 Å². The zero-order valence-electron chi connectivity index (χ0n) is 16.0. The van der Waals surface area contributed by atoms with Crippen LogP contribution in [-0.4, -0.2) is 31.0 Å². The van der Waals surface area contributed by atoms with Crippen molar-refractivity contribution in [3.05, 3.63) is 54.1 Å². The Bertz CT molecular complexity index is 818. The summed E-state index contributed by atoms with van der Waals surface area (Å²) in [5.41, 5.74) is 2.21. The maximum atomic E-state index is 11.9. The number of hydrogen-bond acceptors (Lipinski definition) is 5. The van der Waals surface area contributed by atoms with Crippen molar-refractivity contribution in [1.29, 1.82) is 0 Å². The van der Waals surface area contributed by atoms with Crippen LogP contribution in [0.5, 0.6) is 5.75 Å². The summed E-state index contributed by atoms with van der Waals surface area (Å²) >= 11 is 0. The normalized spacial score (nSPS) is 10.1. The Morgan fingerprint density at radius 3 is 2.29 bits per heavy atom. The topological polar surface area (TPSA) is 93.7 Å². The van der Waals surface area contributed by atoms with E-state index in [2.05, 4.69) is 10.6 Å². The standard InChI is InChI=1S/C21H24N2O5/c1-3-27-17-10-8-16(9-11-17)22-20(25)14-28-21(26)13-12-19(24)23-18-7-5-4-6-15(18)2/h4-11H,3,12-14H2,1-2H3,(H,22,25)(H,23,24). The van der Waals surface area contributed by atoms with Gasteiger partial charge in [0.15, 0.2) is 6.61 Å². The third kappa shape index (κ3) is 7.11. The SMILES string of the molecule is CCOc1ccc(NC(=O)COC(=O)CCC(=O)Nc2ccccc2C)cc1. The van der Waals surface area contributed by atoms with E-state index in [-0.39, 0.29) is 18.7 Å². The number of aryl methyl sites for hydroxylation is 1. The third-order valence-corrected chi connectivity index (χ3v) is 3.79. The summed E-state index contributed by atoms with van der Waals surface area (Å²) in [6.07, 6.45) is -0.123. The predicted octanol–water partition coefficient (Wildman–Crippen LogP) is 3.29. The quantitative estimate of drug-likeness (QED) is 0.647. The zero-order valence-corrected chi connectivity index (χ0v) is 16.0. The van der Waals surface area contributed by atoms with E-state index in [1.54, 1.807) is 30.3 Å². The number of carbonyl (C=O) groups excluding carboxylic acids is 3. The number of amides is 2. The van der Waals surface area contributed by atoms with Gasteiger partial charge in [0.05, 0.1) is 13.0 Å². The molecule has 7 nitrogen and oxygen atoms in total. The molecule has 0 aliphatic carbocycles. The Kier molecular flexibility index (Phi) is 8.02. The Morgan fingerprint density at radius 1 is 0.893 bits per heavy atom. The van der Waals surface area contributed by atoms with Crippen molar-refractivity contribution in [3.8, 4) is 5.75 Å². The van der Waals surface area contributed by atoms with Crippen LogP contribution in [0.1, 0.15) is 25.3 Å². The van der Waals surface area contributed by atoms with Crippen molar-refractivity contribution in [1.82, 2.24) is 0 Å². The smallest absolute Gasteiger partial charge is 0.306 e. The van der Waals surface area contributed by atoms with Gasteiger partial charge >= 0.3 is 5.97 Å². The highest BCUT2D eigenvalue weighted by molar-refractivity contribution is 5.94. The summed E-state index contributed by atoms with van der Waals surface area (Å²) in [4.78, 5) is 35.5. The fraction of sp³-hybridized carbons (Fsp3) is 0.286. The molecule has 0 fully saturated rings. The van der Waals surface area contributed by atoms with Gasteiger partial charge in [-0.15, -0.1) is 0 Å². The summed E-state index contributed by atoms with van der Waals surface area (Å²) < 4.78 is 10.2. The lowest BCUT2D eigenvalue weighted by Crippen LogP contribution is -2.21. The highest BCUT2D eigenvalue weighted by Gasteiger charge is 2.11. The predicted molar refractivity (Wildman–Crippen MR) is 106 cm³/mol. The molecule has 0 bridgehead atoms. The van der Waals surface area contributed by atoms with Crippen LogP contribution >= 0.6 is 0 Å². The molecule has 2 aromatic carbocycles. The van der Waals surface area contributed by atoms with Crippen LogP contribution in [0.15, 0.2) is 48.5 Å². The highest BCUT2D eigenvalue weighted by atomic mass is 16.5. The van der Waals surface area contributed by atoms with E-state index in [1.165, 1.54) is 0 Å². The van der Waals surface area contributed by atoms with Gasteiger partial charge in [-0.1, -0.05) is 18.2 Å². The summed E-state index contributed by atoms with van der Waals surface area (Å²) in [7, 11) is 0. The number of benzene rings is 2. The molecule has 2 N–H and O–H groups in total. The number of rotatable bonds is 9. The monoisotopic (exact) mass is 384 g/mol. The molecule has 0 aromatic heterocycles. The molecule has 0 aliphatic heterocycles. The number of ether oxygens (including phenoxy) is 2. The van der Waals surface area contributed by atoms with Gasteiger partial charge in [-0.2, -0.15) is 0 Å². The van der Waals surface area contributed by atoms with Gasteiger partial charge in [-0.3, -0.25) is 14.4 Å². The molecule has 0 saturated carbocycles. The summed E-state index contributed by atoms with van der Waals surface area (Å²) in [6.45, 7) is 3.92. The molecule has 0 saturated heterocycles. The van der Waals surface area contributed by atoms with Gasteiger partial charge in [0.25, 0.3) is 5.91 Å². The summed E-state index contributed by atoms with van der Waals surface area (Å²) in [5.74, 6) is -0.648. The maximum Gasteiger partial charge on any atom is 0.306 e. The lowest BCUT2D eigenvalue weighted by atomic mass is 10.2. The molecule has 0 spiro atoms. The van der Waals surface area contributed by atoms with Crippen molar-refractivity contribution < 1.29 is 23.9 Å². The van der Waals surface area contributed by atoms with E-state index >= 15 is 0 Å². The van der Waals surface area contributed by atoms with Crippen LogP contribution in [0.2, 0.25) is 0 Å². The fourth-order valence-corrected chi connectivity index (χ4v) is 2.36. The van der Waals surface area contributed by atoms with E-state index in [0.717, 1.165) is 5.56 Å². The molecule has 7 heteroatoms. The van der Waals surface area contributed by atoms with Crippen molar-refractivity contribution in [3.63, 3.8) is 0 Å². The number of esters is 1. The number of para-hydroxylation sites is 1. The number of carbonyl (C=O) groups is 3. The van der Waals surface area contributed by atoms with Crippen molar-refractivity contribution in [2.75, 3.05) is 23.8 Å². The molecular formula is C21H24N2O5. The number of anilines is 2. The van der Waals surface area contributed by atoms with Gasteiger partial charge in [0, 0.05) is 17.8 Å². The van der Waals surface area contributed by atoms with E-state index in [9.17, 15) is 14.4 Å². The minimum absolute atomic E-state index is 0.0202. The lowest BCUT2D eigenvalue weighted by Gasteiger charge is -2.09. The van der Waals surface area contributed by atoms with E-state index in [0.29, 0.717) is 23.7 Å². The molecular weight excluding hydrogens is 360 g/mol. The minimum Gasteiger partial charge on any atom is -0.494 e. The first-order valence-corrected chi connectivity index (χ1v) is 9.01. The van der Waals surface area contributed by atoms with Crippen molar-refractivity contribution in [2.24, 2.45) is 0 Å². The van der Waals surface area contributed by atoms with Gasteiger partial charge in [-0.05, 0) is 49.7 Å². The van der Waals surface area contributed by atoms with Gasteiger partial charge in [-0.25, -0.2) is 0 Å². The summed E-state index contributed by atoms with van der Waals surface area (Å²) in [6, 6.07) is 14.2. The first-order valence-electron chi connectivity index (χ1n) is 9.01. The number of nitrogens with one attached hydrogen (secondary N) is 2. The molecule has 148 valence electrons. The van der Waals surface area contributed by atoms with Crippen LogP contribution in [0.3, 0.4) is 0 Å². The van der Waals surface area contributed by atoms with Crippen LogP contribution in [0, 0.1) is 6.92 Å². The Labute approximate surface area is 164 Å². The minimum atomic E-state index is -0.609. The second kappa shape index (κ2) is 10.7. The Balaban J connectivity index is 1.68. The fourth-order valence-electron chi connectivity index (χ4n) is 2.36. The van der Waals surface area contributed by atoms with E-state index < -0.39 is 18.5 Å². The van der Waals surface area contributed by atoms with Crippen LogP contribution in [0.25, 0.3) is 0 Å². The molecule has 0 heterocycles. The maximum absolute atomic E-state index is 11.9. The average Bonchev–Trinajstić information content (AvgIpc) is 2.68. The lowest BCUT2D eigenvalue weighted by molar-refractivity contribution is -0.147. The first kappa shape index (κ1) is 21.0. The van der Waals surface area contributed by atoms with Gasteiger partial charge < -0.3 is 20.1 Å². The molecule has 2 rings (SSSR count). The molecule has 0 radical (unpaired) electrons. The average molecular weight is 384 g/mol. The molecule has 0 aliphatic rings. The first-order chi connectivity index (χ1) is 13.5. The Morgan fingerprint density at radius 2 is 1.61 bits per heavy atom. The van der Waals surface area contributed by atoms with E-state index in [4.69, 9.17) is 9.47 Å². The van der Waals surface area contributed by atoms with Crippen molar-refractivity contribution in [2.45, 2.75) is 26.7 Å². The highest BCUT2D eigenvalue weighted by Crippen LogP contribution is 2.16. The molecule has 28 heavy (non-hydrogen) atoms. The van der Waals surface area contributed by atoms with Gasteiger partial charge in [0.2, 0.25) is 5.91 Å². The second-order valence-electron chi connectivity index (χ2n) is 6.03. The molecule has 0 atom stereocenters. The van der Waals surface area contributed by atoms with E-state index in [1.807, 2.05) is 32.0 Å². The summed E-state index contributed by atoms with van der Waals surface area (Å²) in [5, 5.41) is 5.36. The van der Waals surface area contributed by atoms with Crippen LogP contribution in [0.4, 0.5) is 11.4 Å². The third-order valence-electron chi connectivity index (χ3n) is 3.79. The van der Waals surface area contributed by atoms with Crippen LogP contribution in [-0.2, 0) is 19.1 Å².